The highest BCUT2D eigenvalue weighted by molar-refractivity contribution is 5.79. The maximum absolute atomic E-state index is 3.45. The first-order chi connectivity index (χ1) is 8.77. The van der Waals surface area contributed by atoms with Crippen LogP contribution < -0.4 is 10.2 Å². The van der Waals surface area contributed by atoms with E-state index < -0.39 is 0 Å². The summed E-state index contributed by atoms with van der Waals surface area (Å²) in [6.07, 6.45) is 0. The van der Waals surface area contributed by atoms with Crippen LogP contribution in [0.15, 0.2) is 42.5 Å². The third-order valence-electron chi connectivity index (χ3n) is 3.71. The summed E-state index contributed by atoms with van der Waals surface area (Å²) < 4.78 is 0. The quantitative estimate of drug-likeness (QED) is 0.811. The van der Waals surface area contributed by atoms with E-state index in [2.05, 4.69) is 66.5 Å². The molecular formula is C16H18N2. The summed E-state index contributed by atoms with van der Waals surface area (Å²) in [5, 5.41) is 3.45. The second-order valence-corrected chi connectivity index (χ2v) is 4.81. The Labute approximate surface area is 108 Å². The molecule has 0 aromatic heterocycles. The van der Waals surface area contributed by atoms with Gasteiger partial charge >= 0.3 is 0 Å². The van der Waals surface area contributed by atoms with Crippen molar-refractivity contribution in [1.82, 2.24) is 0 Å². The standard InChI is InChI=1S/C16H18N2/c1-12-6-5-9-15(13(12)2)18-11-10-17-14-7-3-4-8-16(14)18/h3-9,17H,10-11H2,1-2H3. The van der Waals surface area contributed by atoms with Crippen molar-refractivity contribution in [3.05, 3.63) is 53.6 Å². The summed E-state index contributed by atoms with van der Waals surface area (Å²) in [5.74, 6) is 0. The van der Waals surface area contributed by atoms with E-state index in [1.165, 1.54) is 28.2 Å². The average Bonchev–Trinajstić information content (AvgIpc) is 2.41. The van der Waals surface area contributed by atoms with Gasteiger partial charge in [0.1, 0.15) is 0 Å². The van der Waals surface area contributed by atoms with E-state index in [1.807, 2.05) is 0 Å². The Morgan fingerprint density at radius 2 is 1.72 bits per heavy atom. The van der Waals surface area contributed by atoms with Crippen LogP contribution in [0.5, 0.6) is 0 Å². The van der Waals surface area contributed by atoms with Gasteiger partial charge < -0.3 is 10.2 Å². The van der Waals surface area contributed by atoms with Gasteiger partial charge in [0.15, 0.2) is 0 Å². The zero-order valence-electron chi connectivity index (χ0n) is 10.9. The minimum absolute atomic E-state index is 0.990. The van der Waals surface area contributed by atoms with Crippen molar-refractivity contribution in [2.24, 2.45) is 0 Å². The number of anilines is 3. The molecule has 0 unspecified atom stereocenters. The molecule has 1 aliphatic heterocycles. The Hall–Kier alpha value is -1.96. The Balaban J connectivity index is 2.11. The third-order valence-corrected chi connectivity index (χ3v) is 3.71. The van der Waals surface area contributed by atoms with Gasteiger partial charge in [0.25, 0.3) is 0 Å². The zero-order chi connectivity index (χ0) is 12.5. The summed E-state index contributed by atoms with van der Waals surface area (Å²) in [4.78, 5) is 2.41. The second-order valence-electron chi connectivity index (χ2n) is 4.81. The molecule has 2 nitrogen and oxygen atoms in total. The number of aryl methyl sites for hydroxylation is 1. The summed E-state index contributed by atoms with van der Waals surface area (Å²) in [6, 6.07) is 15.0. The van der Waals surface area contributed by atoms with Crippen molar-refractivity contribution in [3.8, 4) is 0 Å². The molecule has 0 bridgehead atoms. The fourth-order valence-corrected chi connectivity index (χ4v) is 2.56. The number of benzene rings is 2. The Kier molecular flexibility index (Phi) is 2.71. The molecule has 1 aliphatic rings. The molecule has 0 radical (unpaired) electrons. The molecule has 0 fully saturated rings. The third kappa shape index (κ3) is 1.74. The van der Waals surface area contributed by atoms with E-state index in [-0.39, 0.29) is 0 Å². The van der Waals surface area contributed by atoms with Crippen LogP contribution in [0.3, 0.4) is 0 Å². The van der Waals surface area contributed by atoms with Crippen molar-refractivity contribution >= 4 is 17.1 Å². The molecule has 0 saturated carbocycles. The smallest absolute Gasteiger partial charge is 0.0647 e. The second kappa shape index (κ2) is 4.37. The number of nitrogens with zero attached hydrogens (tertiary/aromatic N) is 1. The monoisotopic (exact) mass is 238 g/mol. The minimum atomic E-state index is 0.990. The molecular weight excluding hydrogens is 220 g/mol. The summed E-state index contributed by atoms with van der Waals surface area (Å²) in [6.45, 7) is 6.38. The molecule has 0 amide bonds. The highest BCUT2D eigenvalue weighted by Crippen LogP contribution is 2.36. The van der Waals surface area contributed by atoms with E-state index in [9.17, 15) is 0 Å². The lowest BCUT2D eigenvalue weighted by atomic mass is 10.1. The topological polar surface area (TPSA) is 15.3 Å². The van der Waals surface area contributed by atoms with Gasteiger partial charge in [-0.1, -0.05) is 24.3 Å². The van der Waals surface area contributed by atoms with Gasteiger partial charge in [0.05, 0.1) is 11.4 Å². The van der Waals surface area contributed by atoms with Crippen molar-refractivity contribution in [2.75, 3.05) is 23.3 Å². The van der Waals surface area contributed by atoms with Crippen molar-refractivity contribution in [1.29, 1.82) is 0 Å². The molecule has 1 heterocycles. The number of nitrogens with one attached hydrogen (secondary N) is 1. The maximum atomic E-state index is 3.45. The Morgan fingerprint density at radius 3 is 2.61 bits per heavy atom. The van der Waals surface area contributed by atoms with Crippen LogP contribution in [-0.4, -0.2) is 13.1 Å². The number of hydrogen-bond acceptors (Lipinski definition) is 2. The molecule has 18 heavy (non-hydrogen) atoms. The first kappa shape index (κ1) is 11.1. The lowest BCUT2D eigenvalue weighted by molar-refractivity contribution is 0.921. The lowest BCUT2D eigenvalue weighted by Crippen LogP contribution is -2.30. The summed E-state index contributed by atoms with van der Waals surface area (Å²) in [7, 11) is 0. The van der Waals surface area contributed by atoms with E-state index in [1.54, 1.807) is 0 Å². The van der Waals surface area contributed by atoms with Gasteiger partial charge in [0.2, 0.25) is 0 Å². The zero-order valence-corrected chi connectivity index (χ0v) is 10.9. The van der Waals surface area contributed by atoms with Gasteiger partial charge in [-0.25, -0.2) is 0 Å². The molecule has 2 heteroatoms. The molecule has 3 rings (SSSR count). The fourth-order valence-electron chi connectivity index (χ4n) is 2.56. The van der Waals surface area contributed by atoms with Gasteiger partial charge in [-0.2, -0.15) is 0 Å². The molecule has 0 atom stereocenters. The number of fused-ring (bicyclic) bond motifs is 1. The first-order valence-corrected chi connectivity index (χ1v) is 6.44. The molecule has 0 spiro atoms. The highest BCUT2D eigenvalue weighted by atomic mass is 15.2. The van der Waals surface area contributed by atoms with Crippen LogP contribution in [0.2, 0.25) is 0 Å². The number of rotatable bonds is 1. The van der Waals surface area contributed by atoms with E-state index >= 15 is 0 Å². The lowest BCUT2D eigenvalue weighted by Gasteiger charge is -2.33. The van der Waals surface area contributed by atoms with Gasteiger partial charge in [-0.05, 0) is 43.2 Å². The van der Waals surface area contributed by atoms with Gasteiger partial charge in [0, 0.05) is 18.8 Å². The van der Waals surface area contributed by atoms with Crippen LogP contribution in [0, 0.1) is 13.8 Å². The Bertz CT molecular complexity index is 575. The Morgan fingerprint density at radius 1 is 0.944 bits per heavy atom. The normalized spacial score (nSPS) is 14.0. The largest absolute Gasteiger partial charge is 0.382 e. The minimum Gasteiger partial charge on any atom is -0.382 e. The highest BCUT2D eigenvalue weighted by Gasteiger charge is 2.18. The average molecular weight is 238 g/mol. The molecule has 2 aromatic rings. The van der Waals surface area contributed by atoms with Crippen LogP contribution >= 0.6 is 0 Å². The van der Waals surface area contributed by atoms with E-state index in [0.29, 0.717) is 0 Å². The van der Waals surface area contributed by atoms with Crippen LogP contribution in [0.25, 0.3) is 0 Å². The van der Waals surface area contributed by atoms with Gasteiger partial charge in [-0.3, -0.25) is 0 Å². The van der Waals surface area contributed by atoms with Crippen LogP contribution in [-0.2, 0) is 0 Å². The fraction of sp³-hybridized carbons (Fsp3) is 0.250. The predicted molar refractivity (Wildman–Crippen MR) is 77.9 cm³/mol. The molecule has 0 aliphatic carbocycles. The van der Waals surface area contributed by atoms with Crippen molar-refractivity contribution < 1.29 is 0 Å². The molecule has 92 valence electrons. The first-order valence-electron chi connectivity index (χ1n) is 6.44. The van der Waals surface area contributed by atoms with Crippen molar-refractivity contribution in [2.45, 2.75) is 13.8 Å². The van der Waals surface area contributed by atoms with Crippen molar-refractivity contribution in [3.63, 3.8) is 0 Å². The number of hydrogen-bond donors (Lipinski definition) is 1. The summed E-state index contributed by atoms with van der Waals surface area (Å²) in [5.41, 5.74) is 6.55. The van der Waals surface area contributed by atoms with Gasteiger partial charge in [-0.15, -0.1) is 0 Å². The van der Waals surface area contributed by atoms with Crippen LogP contribution in [0.1, 0.15) is 11.1 Å². The molecule has 1 N–H and O–H groups in total. The molecule has 2 aromatic carbocycles. The maximum Gasteiger partial charge on any atom is 0.0647 e. The van der Waals surface area contributed by atoms with E-state index in [4.69, 9.17) is 0 Å². The SMILES string of the molecule is Cc1cccc(N2CCNc3ccccc32)c1C. The number of para-hydroxylation sites is 2. The van der Waals surface area contributed by atoms with E-state index in [0.717, 1.165) is 13.1 Å². The van der Waals surface area contributed by atoms with Crippen LogP contribution in [0.4, 0.5) is 17.1 Å². The summed E-state index contributed by atoms with van der Waals surface area (Å²) >= 11 is 0. The predicted octanol–water partition coefficient (Wildman–Crippen LogP) is 3.87. The molecule has 0 saturated heterocycles.